The van der Waals surface area contributed by atoms with Crippen LogP contribution in [0.2, 0.25) is 10.0 Å². The van der Waals surface area contributed by atoms with Crippen molar-refractivity contribution in [3.8, 4) is 11.4 Å². The van der Waals surface area contributed by atoms with Crippen LogP contribution in [0.15, 0.2) is 47.6 Å². The van der Waals surface area contributed by atoms with Crippen molar-refractivity contribution in [3.63, 3.8) is 0 Å². The van der Waals surface area contributed by atoms with Crippen LogP contribution in [0.4, 0.5) is 5.95 Å². The Morgan fingerprint density at radius 2 is 1.77 bits per heavy atom. The van der Waals surface area contributed by atoms with Crippen LogP contribution in [0.5, 0.6) is 0 Å². The van der Waals surface area contributed by atoms with Gasteiger partial charge in [0.15, 0.2) is 11.0 Å². The summed E-state index contributed by atoms with van der Waals surface area (Å²) in [5.41, 5.74) is 7.39. The van der Waals surface area contributed by atoms with Crippen LogP contribution in [0.1, 0.15) is 15.9 Å². The van der Waals surface area contributed by atoms with Gasteiger partial charge in [0.2, 0.25) is 5.95 Å². The first kappa shape index (κ1) is 23.2. The average molecular weight is 480 g/mol. The first-order chi connectivity index (χ1) is 14.9. The topological polar surface area (TPSA) is 134 Å². The molecular formula is C20H19Cl2N5O3S. The number of nitrogens with one attached hydrogen (secondary N) is 1. The van der Waals surface area contributed by atoms with Crippen LogP contribution in [-0.4, -0.2) is 50.3 Å². The summed E-state index contributed by atoms with van der Waals surface area (Å²) in [5.74, 6) is 0.254. The second-order valence-electron chi connectivity index (χ2n) is 6.42. The van der Waals surface area contributed by atoms with Crippen LogP contribution in [0.25, 0.3) is 11.4 Å². The second-order valence-corrected chi connectivity index (χ2v) is 8.18. The fourth-order valence-corrected chi connectivity index (χ4v) is 3.94. The van der Waals surface area contributed by atoms with Gasteiger partial charge in [-0.1, -0.05) is 65.3 Å². The average Bonchev–Trinajstić information content (AvgIpc) is 2.76. The number of nitrogens with two attached hydrogens (primary N) is 1. The van der Waals surface area contributed by atoms with Crippen molar-refractivity contribution in [2.24, 2.45) is 0 Å². The van der Waals surface area contributed by atoms with Gasteiger partial charge in [-0.05, 0) is 17.7 Å². The van der Waals surface area contributed by atoms with Gasteiger partial charge >= 0.3 is 0 Å². The number of benzene rings is 2. The number of carbonyl (C=O) groups excluding carboxylic acids is 1. The molecule has 0 aliphatic carbocycles. The molecule has 1 heterocycles. The zero-order valence-electron chi connectivity index (χ0n) is 16.1. The van der Waals surface area contributed by atoms with Crippen molar-refractivity contribution in [3.05, 3.63) is 63.6 Å². The van der Waals surface area contributed by atoms with Gasteiger partial charge in [0.05, 0.1) is 34.9 Å². The number of hydrogen-bond acceptors (Lipinski definition) is 8. The summed E-state index contributed by atoms with van der Waals surface area (Å²) >= 11 is 13.9. The number of rotatable bonds is 8. The SMILES string of the molecule is Nc1nc(SCc2ccccc2)nc(-c2cc(C(=O)NC(CO)CO)c(Cl)cc2Cl)n1. The lowest BCUT2D eigenvalue weighted by atomic mass is 10.1. The van der Waals surface area contributed by atoms with Crippen molar-refractivity contribution in [1.29, 1.82) is 0 Å². The molecule has 0 aliphatic rings. The predicted octanol–water partition coefficient (Wildman–Crippen LogP) is 2.80. The minimum absolute atomic E-state index is 0.0122. The molecule has 2 aromatic carbocycles. The molecule has 0 saturated carbocycles. The van der Waals surface area contributed by atoms with E-state index in [0.717, 1.165) is 5.56 Å². The number of aliphatic hydroxyl groups excluding tert-OH is 2. The molecule has 0 fully saturated rings. The molecule has 1 aromatic heterocycles. The Balaban J connectivity index is 1.91. The molecule has 0 saturated heterocycles. The number of thioether (sulfide) groups is 1. The number of nitrogen functional groups attached to an aromatic ring is 1. The summed E-state index contributed by atoms with van der Waals surface area (Å²) < 4.78 is 0. The van der Waals surface area contributed by atoms with E-state index in [1.54, 1.807) is 0 Å². The zero-order chi connectivity index (χ0) is 22.4. The highest BCUT2D eigenvalue weighted by molar-refractivity contribution is 7.98. The smallest absolute Gasteiger partial charge is 0.253 e. The molecule has 31 heavy (non-hydrogen) atoms. The van der Waals surface area contributed by atoms with E-state index in [2.05, 4.69) is 20.3 Å². The van der Waals surface area contributed by atoms with Crippen LogP contribution < -0.4 is 11.1 Å². The van der Waals surface area contributed by atoms with E-state index in [-0.39, 0.29) is 27.4 Å². The third kappa shape index (κ3) is 6.05. The molecule has 11 heteroatoms. The fourth-order valence-electron chi connectivity index (χ4n) is 2.59. The second kappa shape index (κ2) is 10.7. The predicted molar refractivity (Wildman–Crippen MR) is 121 cm³/mol. The highest BCUT2D eigenvalue weighted by atomic mass is 35.5. The maximum absolute atomic E-state index is 12.5. The van der Waals surface area contributed by atoms with Crippen molar-refractivity contribution in [2.45, 2.75) is 17.0 Å². The summed E-state index contributed by atoms with van der Waals surface area (Å²) in [4.78, 5) is 25.3. The largest absolute Gasteiger partial charge is 0.394 e. The standard InChI is InChI=1S/C20H19Cl2N5O3S/c21-15-7-16(22)14(18(30)24-12(8-28)9-29)6-13(15)17-25-19(23)27-20(26-17)31-10-11-4-2-1-3-5-11/h1-7,12,28-29H,8-10H2,(H,24,30)(H2,23,25,26,27). The summed E-state index contributed by atoms with van der Waals surface area (Å²) in [5, 5.41) is 21.6. The number of hydrogen-bond donors (Lipinski definition) is 4. The highest BCUT2D eigenvalue weighted by Gasteiger charge is 2.20. The molecule has 5 N–H and O–H groups in total. The number of anilines is 1. The zero-order valence-corrected chi connectivity index (χ0v) is 18.5. The van der Waals surface area contributed by atoms with E-state index in [1.165, 1.54) is 23.9 Å². The molecule has 3 rings (SSSR count). The van der Waals surface area contributed by atoms with Crippen LogP contribution in [0.3, 0.4) is 0 Å². The fraction of sp³-hybridized carbons (Fsp3) is 0.200. The van der Waals surface area contributed by atoms with Gasteiger partial charge < -0.3 is 21.3 Å². The quantitative estimate of drug-likeness (QED) is 0.362. The Hall–Kier alpha value is -2.43. The first-order valence-electron chi connectivity index (χ1n) is 9.11. The highest BCUT2D eigenvalue weighted by Crippen LogP contribution is 2.32. The van der Waals surface area contributed by atoms with Gasteiger partial charge in [-0.3, -0.25) is 4.79 Å². The van der Waals surface area contributed by atoms with Gasteiger partial charge in [-0.25, -0.2) is 4.98 Å². The number of carbonyl (C=O) groups is 1. The van der Waals surface area contributed by atoms with E-state index in [1.807, 2.05) is 30.3 Å². The maximum atomic E-state index is 12.5. The Morgan fingerprint density at radius 3 is 2.45 bits per heavy atom. The molecule has 1 amide bonds. The molecule has 8 nitrogen and oxygen atoms in total. The molecule has 0 unspecified atom stereocenters. The van der Waals surface area contributed by atoms with Crippen molar-refractivity contribution in [1.82, 2.24) is 20.3 Å². The molecule has 0 radical (unpaired) electrons. The van der Waals surface area contributed by atoms with Crippen molar-refractivity contribution >= 4 is 46.8 Å². The third-order valence-corrected chi connectivity index (χ3v) is 5.71. The number of aromatic nitrogens is 3. The van der Waals surface area contributed by atoms with Crippen LogP contribution in [-0.2, 0) is 5.75 Å². The Kier molecular flexibility index (Phi) is 8.05. The minimum Gasteiger partial charge on any atom is -0.394 e. The minimum atomic E-state index is -0.823. The number of nitrogens with zero attached hydrogens (tertiary/aromatic N) is 3. The Labute approximate surface area is 192 Å². The maximum Gasteiger partial charge on any atom is 0.253 e. The summed E-state index contributed by atoms with van der Waals surface area (Å²) in [6.07, 6.45) is 0. The lowest BCUT2D eigenvalue weighted by Gasteiger charge is -2.15. The van der Waals surface area contributed by atoms with Gasteiger partial charge in [0.1, 0.15) is 0 Å². The molecular weight excluding hydrogens is 461 g/mol. The molecule has 0 aliphatic heterocycles. The van der Waals surface area contributed by atoms with Gasteiger partial charge in [0.25, 0.3) is 5.91 Å². The third-order valence-electron chi connectivity index (χ3n) is 4.16. The number of amides is 1. The number of aliphatic hydroxyl groups is 2. The van der Waals surface area contributed by atoms with Crippen LogP contribution >= 0.6 is 35.0 Å². The molecule has 162 valence electrons. The Morgan fingerprint density at radius 1 is 1.06 bits per heavy atom. The van der Waals surface area contributed by atoms with Crippen molar-refractivity contribution in [2.75, 3.05) is 18.9 Å². The van der Waals surface area contributed by atoms with E-state index >= 15 is 0 Å². The number of halogens is 2. The summed E-state index contributed by atoms with van der Waals surface area (Å²) in [6.45, 7) is -0.849. The van der Waals surface area contributed by atoms with Gasteiger partial charge in [-0.15, -0.1) is 0 Å². The van der Waals surface area contributed by atoms with Crippen LogP contribution in [0, 0.1) is 0 Å². The summed E-state index contributed by atoms with van der Waals surface area (Å²) in [6, 6.07) is 11.8. The first-order valence-corrected chi connectivity index (χ1v) is 10.9. The summed E-state index contributed by atoms with van der Waals surface area (Å²) in [7, 11) is 0. The lowest BCUT2D eigenvalue weighted by molar-refractivity contribution is 0.0879. The monoisotopic (exact) mass is 479 g/mol. The lowest BCUT2D eigenvalue weighted by Crippen LogP contribution is -2.40. The molecule has 0 spiro atoms. The van der Waals surface area contributed by atoms with E-state index in [4.69, 9.17) is 28.9 Å². The van der Waals surface area contributed by atoms with Gasteiger partial charge in [-0.2, -0.15) is 9.97 Å². The molecule has 3 aromatic rings. The van der Waals surface area contributed by atoms with E-state index in [9.17, 15) is 15.0 Å². The molecule has 0 bridgehead atoms. The molecule has 0 atom stereocenters. The Bertz CT molecular complexity index is 1070. The van der Waals surface area contributed by atoms with Crippen molar-refractivity contribution < 1.29 is 15.0 Å². The van der Waals surface area contributed by atoms with E-state index in [0.29, 0.717) is 16.5 Å². The van der Waals surface area contributed by atoms with Gasteiger partial charge in [0, 0.05) is 11.3 Å². The van der Waals surface area contributed by atoms with E-state index < -0.39 is 25.2 Å². The normalized spacial score (nSPS) is 11.0.